The van der Waals surface area contributed by atoms with Crippen molar-refractivity contribution in [2.45, 2.75) is 39.3 Å². The molecule has 5 aromatic rings. The van der Waals surface area contributed by atoms with Crippen LogP contribution in [0.25, 0.3) is 28.2 Å². The van der Waals surface area contributed by atoms with E-state index in [2.05, 4.69) is 31.2 Å². The summed E-state index contributed by atoms with van der Waals surface area (Å²) in [6.45, 7) is 2.76. The number of H-pyrrole nitrogens is 1. The van der Waals surface area contributed by atoms with E-state index < -0.39 is 11.5 Å². The molecule has 0 aliphatic heterocycles. The van der Waals surface area contributed by atoms with E-state index in [0.29, 0.717) is 42.5 Å². The minimum atomic E-state index is -0.670. The van der Waals surface area contributed by atoms with Gasteiger partial charge in [0.1, 0.15) is 11.2 Å². The van der Waals surface area contributed by atoms with E-state index in [9.17, 15) is 14.4 Å². The Morgan fingerprint density at radius 1 is 1.25 bits per heavy atom. The summed E-state index contributed by atoms with van der Waals surface area (Å²) >= 11 is 12.0. The Labute approximate surface area is 236 Å². The van der Waals surface area contributed by atoms with Gasteiger partial charge >= 0.3 is 5.69 Å². The van der Waals surface area contributed by atoms with Gasteiger partial charge in [-0.15, -0.1) is 10.2 Å². The number of hydrogen-bond donors (Lipinski definition) is 1. The number of aromatic nitrogens is 8. The van der Waals surface area contributed by atoms with Crippen LogP contribution in [0.2, 0.25) is 10.3 Å². The van der Waals surface area contributed by atoms with Crippen molar-refractivity contribution >= 4 is 51.6 Å². The smallest absolute Gasteiger partial charge is 0.331 e. The number of nitrogens with zero attached hydrogens (tertiary/aromatic N) is 8. The summed E-state index contributed by atoms with van der Waals surface area (Å²) in [5.41, 5.74) is 0.674. The summed E-state index contributed by atoms with van der Waals surface area (Å²) < 4.78 is 4.55. The van der Waals surface area contributed by atoms with Crippen molar-refractivity contribution < 1.29 is 4.79 Å². The molecule has 14 heteroatoms. The van der Waals surface area contributed by atoms with Crippen molar-refractivity contribution in [3.63, 3.8) is 0 Å². The van der Waals surface area contributed by atoms with Crippen LogP contribution in [-0.4, -0.2) is 44.6 Å². The standard InChI is InChI=1S/C26H21Cl2N9O3/c1-3-9-36-23-19(25(39)37(26(36)40)13-14-7-8-14)30-21(31-23)17-12-29-22(16-6-5-10-35(16)17)34(4-2)24(38)15-11-18(27)32-33-20(15)28/h2,5-6,10-12,14H,3,7-9,13H2,1H3,(H,30,31). The number of rotatable bonds is 7. The fourth-order valence-electron chi connectivity index (χ4n) is 4.64. The number of anilines is 1. The third-order valence-corrected chi connectivity index (χ3v) is 7.19. The molecule has 5 aromatic heterocycles. The molecule has 1 fully saturated rings. The lowest BCUT2D eigenvalue weighted by molar-refractivity contribution is 0.0999. The molecule has 40 heavy (non-hydrogen) atoms. The molecular weight excluding hydrogens is 557 g/mol. The second kappa shape index (κ2) is 9.93. The predicted octanol–water partition coefficient (Wildman–Crippen LogP) is 3.36. The third kappa shape index (κ3) is 4.24. The van der Waals surface area contributed by atoms with Crippen LogP contribution in [0.4, 0.5) is 5.82 Å². The Morgan fingerprint density at radius 2 is 2.05 bits per heavy atom. The number of terminal acetylenes is 1. The predicted molar refractivity (Wildman–Crippen MR) is 150 cm³/mol. The molecule has 0 aromatic carbocycles. The molecule has 0 bridgehead atoms. The SMILES string of the molecule is C#CN(C(=O)c1cc(Cl)nnc1Cl)c1ncc(-c2nc3c([nH]2)c(=O)n(CC2CC2)c(=O)n3CCC)n2cccc12. The van der Waals surface area contributed by atoms with Gasteiger partial charge in [-0.3, -0.25) is 18.7 Å². The lowest BCUT2D eigenvalue weighted by Gasteiger charge is -2.17. The number of carbonyl (C=O) groups is 1. The molecule has 0 atom stereocenters. The fraction of sp³-hybridized carbons (Fsp3) is 0.269. The van der Waals surface area contributed by atoms with Crippen molar-refractivity contribution in [1.29, 1.82) is 0 Å². The van der Waals surface area contributed by atoms with E-state index >= 15 is 0 Å². The largest absolute Gasteiger partial charge is 0.332 e. The number of halogens is 2. The van der Waals surface area contributed by atoms with Gasteiger partial charge in [0.2, 0.25) is 0 Å². The van der Waals surface area contributed by atoms with Gasteiger partial charge in [-0.2, -0.15) is 0 Å². The topological polar surface area (TPSA) is 136 Å². The summed E-state index contributed by atoms with van der Waals surface area (Å²) in [6.07, 6.45) is 11.6. The zero-order valence-corrected chi connectivity index (χ0v) is 22.6. The molecule has 0 radical (unpaired) electrons. The Morgan fingerprint density at radius 3 is 2.77 bits per heavy atom. The lowest BCUT2D eigenvalue weighted by atomic mass is 10.2. The van der Waals surface area contributed by atoms with Gasteiger partial charge in [-0.25, -0.2) is 19.7 Å². The first kappa shape index (κ1) is 25.8. The Hall–Kier alpha value is -4.47. The monoisotopic (exact) mass is 577 g/mol. The number of nitrogens with one attached hydrogen (secondary N) is 1. The maximum absolute atomic E-state index is 13.3. The lowest BCUT2D eigenvalue weighted by Crippen LogP contribution is -2.40. The molecule has 0 spiro atoms. The van der Waals surface area contributed by atoms with Crippen LogP contribution in [-0.2, 0) is 13.1 Å². The van der Waals surface area contributed by atoms with E-state index in [1.807, 2.05) is 6.92 Å². The maximum atomic E-state index is 13.3. The summed E-state index contributed by atoms with van der Waals surface area (Å²) in [4.78, 5) is 53.1. The molecule has 202 valence electrons. The van der Waals surface area contributed by atoms with Crippen LogP contribution in [0.1, 0.15) is 36.5 Å². The number of aromatic amines is 1. The number of imidazole rings is 1. The molecule has 1 aliphatic carbocycles. The zero-order chi connectivity index (χ0) is 28.1. The van der Waals surface area contributed by atoms with Gasteiger partial charge in [-0.05, 0) is 43.4 Å². The van der Waals surface area contributed by atoms with Crippen molar-refractivity contribution in [2.75, 3.05) is 4.90 Å². The van der Waals surface area contributed by atoms with E-state index in [1.165, 1.54) is 21.4 Å². The Balaban J connectivity index is 1.48. The molecule has 6 rings (SSSR count). The molecule has 5 heterocycles. The van der Waals surface area contributed by atoms with Crippen LogP contribution < -0.4 is 16.1 Å². The quantitative estimate of drug-likeness (QED) is 0.231. The maximum Gasteiger partial charge on any atom is 0.332 e. The summed E-state index contributed by atoms with van der Waals surface area (Å²) in [6, 6.07) is 7.08. The van der Waals surface area contributed by atoms with E-state index in [0.717, 1.165) is 17.7 Å². The number of fused-ring (bicyclic) bond motifs is 2. The van der Waals surface area contributed by atoms with Crippen molar-refractivity contribution in [1.82, 2.24) is 38.7 Å². The van der Waals surface area contributed by atoms with Crippen LogP contribution in [0.3, 0.4) is 0 Å². The Kier molecular flexibility index (Phi) is 6.40. The first-order chi connectivity index (χ1) is 19.3. The van der Waals surface area contributed by atoms with Crippen molar-refractivity contribution in [3.8, 4) is 24.0 Å². The Bertz CT molecular complexity index is 1980. The van der Waals surface area contributed by atoms with Gasteiger partial charge in [0, 0.05) is 25.3 Å². The second-order valence-corrected chi connectivity index (χ2v) is 10.2. The fourth-order valence-corrected chi connectivity index (χ4v) is 4.96. The number of hydrogen-bond acceptors (Lipinski definition) is 7. The first-order valence-corrected chi connectivity index (χ1v) is 13.3. The third-order valence-electron chi connectivity index (χ3n) is 6.73. The number of amides is 1. The normalized spacial score (nSPS) is 13.2. The average Bonchev–Trinajstić information content (AvgIpc) is 3.43. The van der Waals surface area contributed by atoms with Gasteiger partial charge in [0.15, 0.2) is 27.6 Å². The second-order valence-electron chi connectivity index (χ2n) is 9.45. The highest BCUT2D eigenvalue weighted by atomic mass is 35.5. The van der Waals surface area contributed by atoms with Crippen LogP contribution in [0, 0.1) is 18.4 Å². The highest BCUT2D eigenvalue weighted by Gasteiger charge is 2.27. The van der Waals surface area contributed by atoms with E-state index in [4.69, 9.17) is 29.6 Å². The summed E-state index contributed by atoms with van der Waals surface area (Å²) in [7, 11) is 0. The van der Waals surface area contributed by atoms with Crippen LogP contribution >= 0.6 is 23.2 Å². The summed E-state index contributed by atoms with van der Waals surface area (Å²) in [5, 5.41) is 7.11. The molecule has 0 saturated heterocycles. The van der Waals surface area contributed by atoms with Gasteiger partial charge in [-0.1, -0.05) is 36.5 Å². The highest BCUT2D eigenvalue weighted by molar-refractivity contribution is 6.35. The molecule has 0 unspecified atom stereocenters. The van der Waals surface area contributed by atoms with Gasteiger partial charge in [0.25, 0.3) is 11.5 Å². The van der Waals surface area contributed by atoms with Gasteiger partial charge in [0.05, 0.1) is 17.3 Å². The summed E-state index contributed by atoms with van der Waals surface area (Å²) in [5.74, 6) is 0.145. The van der Waals surface area contributed by atoms with Crippen molar-refractivity contribution in [2.24, 2.45) is 5.92 Å². The number of aryl methyl sites for hydroxylation is 1. The highest BCUT2D eigenvalue weighted by Crippen LogP contribution is 2.30. The van der Waals surface area contributed by atoms with E-state index in [-0.39, 0.29) is 38.5 Å². The molecular formula is C26H21Cl2N9O3. The van der Waals surface area contributed by atoms with Crippen LogP contribution in [0.5, 0.6) is 0 Å². The molecule has 1 saturated carbocycles. The molecule has 1 amide bonds. The molecule has 12 nitrogen and oxygen atoms in total. The number of carbonyl (C=O) groups excluding carboxylic acids is 1. The van der Waals surface area contributed by atoms with Gasteiger partial charge < -0.3 is 9.38 Å². The molecule has 1 N–H and O–H groups in total. The zero-order valence-electron chi connectivity index (χ0n) is 21.1. The average molecular weight is 578 g/mol. The first-order valence-electron chi connectivity index (χ1n) is 12.5. The van der Waals surface area contributed by atoms with Crippen LogP contribution in [0.15, 0.2) is 40.2 Å². The minimum Gasteiger partial charge on any atom is -0.331 e. The van der Waals surface area contributed by atoms with Crippen molar-refractivity contribution in [3.05, 3.63) is 67.3 Å². The minimum absolute atomic E-state index is 0.0245. The molecule has 1 aliphatic rings. The van der Waals surface area contributed by atoms with E-state index in [1.54, 1.807) is 22.7 Å².